The first-order chi connectivity index (χ1) is 16.5. The van der Waals surface area contributed by atoms with E-state index in [1.165, 1.54) is 21.3 Å². The first kappa shape index (κ1) is 22.7. The number of benzene rings is 2. The Morgan fingerprint density at radius 1 is 0.941 bits per heavy atom. The molecule has 0 aliphatic carbocycles. The maximum atomic E-state index is 10.0. The average Bonchev–Trinajstić information content (AvgIpc) is 3.29. The molecule has 176 valence electrons. The Hall–Kier alpha value is -4.52. The average molecular weight is 464 g/mol. The van der Waals surface area contributed by atoms with E-state index in [2.05, 4.69) is 16.3 Å². The first-order valence-electron chi connectivity index (χ1n) is 10.2. The van der Waals surface area contributed by atoms with Gasteiger partial charge in [0, 0.05) is 5.56 Å². The minimum atomic E-state index is -0.646. The first-order valence-corrected chi connectivity index (χ1v) is 10.2. The van der Waals surface area contributed by atoms with Crippen LogP contribution in [0.5, 0.6) is 34.6 Å². The van der Waals surface area contributed by atoms with Crippen LogP contribution in [0.3, 0.4) is 0 Å². The lowest BCUT2D eigenvalue weighted by molar-refractivity contribution is 0.323. The minimum Gasteiger partial charge on any atom is -0.497 e. The van der Waals surface area contributed by atoms with Gasteiger partial charge in [0.2, 0.25) is 17.5 Å². The van der Waals surface area contributed by atoms with Gasteiger partial charge in [0.15, 0.2) is 11.5 Å². The summed E-state index contributed by atoms with van der Waals surface area (Å²) in [4.78, 5) is 0. The molecule has 3 aromatic rings. The zero-order chi connectivity index (χ0) is 24.4. The fourth-order valence-corrected chi connectivity index (χ4v) is 4.06. The molecule has 1 aliphatic rings. The summed E-state index contributed by atoms with van der Waals surface area (Å²) in [5.74, 6) is 2.06. The van der Waals surface area contributed by atoms with E-state index >= 15 is 0 Å². The van der Waals surface area contributed by atoms with E-state index < -0.39 is 5.92 Å². The fourth-order valence-electron chi connectivity index (χ4n) is 4.06. The highest BCUT2D eigenvalue weighted by atomic mass is 16.5. The predicted molar refractivity (Wildman–Crippen MR) is 123 cm³/mol. The van der Waals surface area contributed by atoms with E-state index in [0.717, 1.165) is 0 Å². The number of nitriles is 1. The number of hydrogen-bond donors (Lipinski definition) is 2. The number of hydrogen-bond acceptors (Lipinski definition) is 9. The van der Waals surface area contributed by atoms with Crippen molar-refractivity contribution in [1.82, 2.24) is 10.2 Å². The Bertz CT molecular complexity index is 1280. The van der Waals surface area contributed by atoms with Crippen molar-refractivity contribution in [2.45, 2.75) is 5.92 Å². The van der Waals surface area contributed by atoms with Crippen molar-refractivity contribution >= 4 is 0 Å². The van der Waals surface area contributed by atoms with Crippen LogP contribution in [-0.2, 0) is 0 Å². The van der Waals surface area contributed by atoms with Crippen molar-refractivity contribution in [3.8, 4) is 52.0 Å². The Kier molecular flexibility index (Phi) is 6.10. The van der Waals surface area contributed by atoms with Crippen LogP contribution in [0.1, 0.15) is 17.0 Å². The van der Waals surface area contributed by atoms with Crippen LogP contribution in [0.25, 0.3) is 11.3 Å². The number of rotatable bonds is 7. The van der Waals surface area contributed by atoms with Gasteiger partial charge in [-0.25, -0.2) is 0 Å². The normalized spacial score (nSPS) is 14.5. The van der Waals surface area contributed by atoms with Gasteiger partial charge in [0.1, 0.15) is 23.1 Å². The third kappa shape index (κ3) is 3.57. The molecule has 0 radical (unpaired) electrons. The zero-order valence-electron chi connectivity index (χ0n) is 19.4. The molecular formula is C24H24N4O6. The Morgan fingerprint density at radius 3 is 2.18 bits per heavy atom. The van der Waals surface area contributed by atoms with Crippen LogP contribution in [0.2, 0.25) is 0 Å². The molecule has 0 fully saturated rings. The van der Waals surface area contributed by atoms with Gasteiger partial charge in [0.05, 0.1) is 52.7 Å². The van der Waals surface area contributed by atoms with Crippen LogP contribution in [0.15, 0.2) is 41.8 Å². The van der Waals surface area contributed by atoms with E-state index in [1.807, 2.05) is 6.07 Å². The van der Waals surface area contributed by atoms with E-state index in [0.29, 0.717) is 51.1 Å². The molecule has 0 spiro atoms. The van der Waals surface area contributed by atoms with Crippen molar-refractivity contribution < 1.29 is 28.4 Å². The van der Waals surface area contributed by atoms with Crippen molar-refractivity contribution in [1.29, 1.82) is 5.26 Å². The maximum Gasteiger partial charge on any atom is 0.244 e. The Balaban J connectivity index is 2.01. The second-order valence-electron chi connectivity index (χ2n) is 7.27. The third-order valence-electron chi connectivity index (χ3n) is 5.64. The number of aromatic nitrogens is 2. The quantitative estimate of drug-likeness (QED) is 0.540. The molecule has 0 saturated heterocycles. The number of nitrogens with zero attached hydrogens (tertiary/aromatic N) is 2. The van der Waals surface area contributed by atoms with E-state index in [-0.39, 0.29) is 17.3 Å². The summed E-state index contributed by atoms with van der Waals surface area (Å²) in [6.07, 6.45) is 0. The van der Waals surface area contributed by atoms with Gasteiger partial charge in [-0.2, -0.15) is 5.26 Å². The number of aromatic amines is 1. The topological polar surface area (TPSA) is 134 Å². The van der Waals surface area contributed by atoms with Crippen molar-refractivity contribution in [3.05, 3.63) is 52.9 Å². The maximum absolute atomic E-state index is 10.0. The van der Waals surface area contributed by atoms with E-state index in [9.17, 15) is 5.26 Å². The molecule has 10 heteroatoms. The summed E-state index contributed by atoms with van der Waals surface area (Å²) in [7, 11) is 7.72. The van der Waals surface area contributed by atoms with Gasteiger partial charge < -0.3 is 34.2 Å². The Labute approximate surface area is 196 Å². The Morgan fingerprint density at radius 2 is 1.62 bits per heavy atom. The summed E-state index contributed by atoms with van der Waals surface area (Å²) in [5.41, 5.74) is 8.88. The molecule has 34 heavy (non-hydrogen) atoms. The standard InChI is InChI=1S/C24H24N4O6/c1-29-13-6-7-16(30-2)14(10-13)21-20-19(15(11-25)23(26)34-24(20)28-27-21)12-8-17(31-3)22(33-5)18(9-12)32-4/h6-10,19H,26H2,1-5H3,(H,27,28)/t19-/m1/s1. The highest BCUT2D eigenvalue weighted by molar-refractivity contribution is 5.76. The van der Waals surface area contributed by atoms with Gasteiger partial charge in [-0.15, -0.1) is 5.10 Å². The van der Waals surface area contributed by atoms with Gasteiger partial charge in [0.25, 0.3) is 0 Å². The molecule has 2 heterocycles. The van der Waals surface area contributed by atoms with E-state index in [4.69, 9.17) is 34.2 Å². The largest absolute Gasteiger partial charge is 0.497 e. The summed E-state index contributed by atoms with van der Waals surface area (Å²) in [6, 6.07) is 11.1. The number of methoxy groups -OCH3 is 5. The lowest BCUT2D eigenvalue weighted by Gasteiger charge is -2.25. The van der Waals surface area contributed by atoms with Crippen LogP contribution in [0, 0.1) is 11.3 Å². The van der Waals surface area contributed by atoms with Crippen LogP contribution in [-0.4, -0.2) is 45.7 Å². The number of fused-ring (bicyclic) bond motifs is 1. The lowest BCUT2D eigenvalue weighted by Crippen LogP contribution is -2.21. The highest BCUT2D eigenvalue weighted by Gasteiger charge is 2.37. The second kappa shape index (κ2) is 9.15. The number of ether oxygens (including phenoxy) is 6. The van der Waals surface area contributed by atoms with Gasteiger partial charge >= 0.3 is 0 Å². The molecule has 0 saturated carbocycles. The zero-order valence-corrected chi connectivity index (χ0v) is 19.4. The number of H-pyrrole nitrogens is 1. The molecule has 2 aromatic carbocycles. The second-order valence-corrected chi connectivity index (χ2v) is 7.27. The number of allylic oxidation sites excluding steroid dienone is 1. The molecule has 4 rings (SSSR count). The number of nitrogens with one attached hydrogen (secondary N) is 1. The fraction of sp³-hybridized carbons (Fsp3) is 0.250. The van der Waals surface area contributed by atoms with Crippen LogP contribution >= 0.6 is 0 Å². The van der Waals surface area contributed by atoms with E-state index in [1.54, 1.807) is 38.5 Å². The molecule has 1 aromatic heterocycles. The summed E-state index contributed by atoms with van der Waals surface area (Å²) < 4.78 is 33.2. The predicted octanol–water partition coefficient (Wildman–Crippen LogP) is 3.34. The molecule has 3 N–H and O–H groups in total. The van der Waals surface area contributed by atoms with Crippen LogP contribution < -0.4 is 34.2 Å². The molecule has 10 nitrogen and oxygen atoms in total. The third-order valence-corrected chi connectivity index (χ3v) is 5.64. The van der Waals surface area contributed by atoms with Gasteiger partial charge in [-0.1, -0.05) is 0 Å². The summed E-state index contributed by atoms with van der Waals surface area (Å²) in [5, 5.41) is 17.4. The molecule has 1 aliphatic heterocycles. The SMILES string of the molecule is COc1ccc(OC)c(-c2[nH]nc3c2[C@H](c2cc(OC)c(OC)c(OC)c2)C(C#N)=C(N)O3)c1. The minimum absolute atomic E-state index is 0.0376. The van der Waals surface area contributed by atoms with Crippen LogP contribution in [0.4, 0.5) is 0 Å². The molecule has 0 bridgehead atoms. The monoisotopic (exact) mass is 464 g/mol. The molecule has 1 atom stereocenters. The van der Waals surface area contributed by atoms with Gasteiger partial charge in [-0.05, 0) is 35.9 Å². The lowest BCUT2D eigenvalue weighted by atomic mass is 9.82. The summed E-state index contributed by atoms with van der Waals surface area (Å²) in [6.45, 7) is 0. The molecule has 0 amide bonds. The molecule has 0 unspecified atom stereocenters. The van der Waals surface area contributed by atoms with Gasteiger partial charge in [-0.3, -0.25) is 5.10 Å². The van der Waals surface area contributed by atoms with Crippen molar-refractivity contribution in [2.24, 2.45) is 5.73 Å². The van der Waals surface area contributed by atoms with Crippen molar-refractivity contribution in [2.75, 3.05) is 35.5 Å². The van der Waals surface area contributed by atoms with Crippen molar-refractivity contribution in [3.63, 3.8) is 0 Å². The smallest absolute Gasteiger partial charge is 0.244 e. The number of nitrogens with two attached hydrogens (primary N) is 1. The highest BCUT2D eigenvalue weighted by Crippen LogP contribution is 2.50. The molecular weight excluding hydrogens is 440 g/mol. The summed E-state index contributed by atoms with van der Waals surface area (Å²) >= 11 is 0.